The molecule has 0 fully saturated rings. The number of carbonyl (C=O) groups excluding carboxylic acids is 1. The molecule has 0 aliphatic rings. The maximum Gasteiger partial charge on any atom is 0.254 e. The molecular formula is C22H20N4O4. The van der Waals surface area contributed by atoms with Crippen LogP contribution in [-0.2, 0) is 0 Å². The van der Waals surface area contributed by atoms with Gasteiger partial charge in [-0.3, -0.25) is 9.78 Å². The Kier molecular flexibility index (Phi) is 5.21. The van der Waals surface area contributed by atoms with E-state index in [1.807, 2.05) is 24.4 Å². The second-order valence-electron chi connectivity index (χ2n) is 6.38. The highest BCUT2D eigenvalue weighted by atomic mass is 16.5. The van der Waals surface area contributed by atoms with Gasteiger partial charge in [0.15, 0.2) is 0 Å². The van der Waals surface area contributed by atoms with Crippen LogP contribution in [0.1, 0.15) is 10.4 Å². The van der Waals surface area contributed by atoms with E-state index in [-0.39, 0.29) is 5.91 Å². The largest absolute Gasteiger partial charge is 0.497 e. The van der Waals surface area contributed by atoms with E-state index in [1.165, 1.54) is 7.11 Å². The van der Waals surface area contributed by atoms with Gasteiger partial charge in [-0.05, 0) is 18.2 Å². The van der Waals surface area contributed by atoms with Gasteiger partial charge in [-0.1, -0.05) is 0 Å². The number of nitrogens with one attached hydrogen (secondary N) is 1. The van der Waals surface area contributed by atoms with Crippen molar-refractivity contribution in [2.45, 2.75) is 0 Å². The Bertz CT molecular complexity index is 1210. The Morgan fingerprint density at radius 1 is 1.00 bits per heavy atom. The van der Waals surface area contributed by atoms with Gasteiger partial charge in [-0.15, -0.1) is 0 Å². The molecule has 4 aromatic rings. The fraction of sp³-hybridized carbons (Fsp3) is 0.136. The number of methoxy groups -OCH3 is 2. The van der Waals surface area contributed by atoms with Gasteiger partial charge in [0.05, 0.1) is 31.0 Å². The summed E-state index contributed by atoms with van der Waals surface area (Å²) in [6, 6.07) is 12.5. The molecule has 0 saturated carbocycles. The molecule has 1 N–H and O–H groups in total. The zero-order valence-electron chi connectivity index (χ0n) is 16.7. The van der Waals surface area contributed by atoms with Crippen LogP contribution in [0.15, 0.2) is 61.1 Å². The van der Waals surface area contributed by atoms with Crippen molar-refractivity contribution in [2.75, 3.05) is 21.3 Å². The molecule has 8 heteroatoms. The number of aromatic nitrogens is 3. The molecule has 0 atom stereocenters. The maximum atomic E-state index is 12.3. The van der Waals surface area contributed by atoms with E-state index in [0.717, 1.165) is 5.69 Å². The molecule has 2 aromatic carbocycles. The minimum absolute atomic E-state index is 0.258. The van der Waals surface area contributed by atoms with Crippen molar-refractivity contribution in [1.82, 2.24) is 20.1 Å². The van der Waals surface area contributed by atoms with Gasteiger partial charge in [-0.2, -0.15) is 5.10 Å². The fourth-order valence-corrected chi connectivity index (χ4v) is 3.13. The summed E-state index contributed by atoms with van der Waals surface area (Å²) in [6.07, 6.45) is 5.18. The Balaban J connectivity index is 1.81. The normalized spacial score (nSPS) is 10.6. The molecule has 4 rings (SSSR count). The first kappa shape index (κ1) is 19.3. The minimum atomic E-state index is -0.258. The number of hydrogen-bond acceptors (Lipinski definition) is 6. The lowest BCUT2D eigenvalue weighted by Gasteiger charge is -2.14. The van der Waals surface area contributed by atoms with Gasteiger partial charge in [-0.25, -0.2) is 4.68 Å². The van der Waals surface area contributed by atoms with Gasteiger partial charge in [0, 0.05) is 55.3 Å². The van der Waals surface area contributed by atoms with Crippen molar-refractivity contribution in [3.05, 3.63) is 66.6 Å². The van der Waals surface area contributed by atoms with Crippen LogP contribution in [-0.4, -0.2) is 41.9 Å². The molecule has 0 spiro atoms. The van der Waals surface area contributed by atoms with Crippen LogP contribution < -0.4 is 19.5 Å². The number of nitrogens with zero attached hydrogens (tertiary/aromatic N) is 3. The van der Waals surface area contributed by atoms with Crippen LogP contribution in [0.4, 0.5) is 0 Å². The summed E-state index contributed by atoms with van der Waals surface area (Å²) in [5.41, 5.74) is 1.83. The highest BCUT2D eigenvalue weighted by Crippen LogP contribution is 2.35. The zero-order valence-corrected chi connectivity index (χ0v) is 16.7. The minimum Gasteiger partial charge on any atom is -0.497 e. The first-order valence-corrected chi connectivity index (χ1v) is 9.18. The molecule has 0 unspecified atom stereocenters. The number of ether oxygens (including phenoxy) is 3. The molecule has 1 amide bonds. The predicted molar refractivity (Wildman–Crippen MR) is 112 cm³/mol. The monoisotopic (exact) mass is 404 g/mol. The maximum absolute atomic E-state index is 12.3. The van der Waals surface area contributed by atoms with Crippen LogP contribution in [0.5, 0.6) is 23.0 Å². The predicted octanol–water partition coefficient (Wildman–Crippen LogP) is 3.59. The van der Waals surface area contributed by atoms with Crippen molar-refractivity contribution in [2.24, 2.45) is 0 Å². The summed E-state index contributed by atoms with van der Waals surface area (Å²) in [7, 11) is 4.68. The van der Waals surface area contributed by atoms with E-state index < -0.39 is 0 Å². The lowest BCUT2D eigenvalue weighted by atomic mass is 10.1. The van der Waals surface area contributed by atoms with Gasteiger partial charge in [0.1, 0.15) is 23.0 Å². The van der Waals surface area contributed by atoms with E-state index in [0.29, 0.717) is 39.5 Å². The summed E-state index contributed by atoms with van der Waals surface area (Å²) in [6.45, 7) is 0. The third-order valence-electron chi connectivity index (χ3n) is 4.59. The van der Waals surface area contributed by atoms with Gasteiger partial charge in [0.25, 0.3) is 5.91 Å². The highest BCUT2D eigenvalue weighted by Gasteiger charge is 2.16. The topological polar surface area (TPSA) is 87.5 Å². The van der Waals surface area contributed by atoms with Crippen molar-refractivity contribution >= 4 is 16.8 Å². The molecule has 2 heterocycles. The Morgan fingerprint density at radius 3 is 2.53 bits per heavy atom. The van der Waals surface area contributed by atoms with E-state index in [2.05, 4.69) is 15.4 Å². The highest BCUT2D eigenvalue weighted by molar-refractivity contribution is 6.02. The number of rotatable bonds is 6. The fourth-order valence-electron chi connectivity index (χ4n) is 3.13. The first-order chi connectivity index (χ1) is 14.6. The summed E-state index contributed by atoms with van der Waals surface area (Å²) in [4.78, 5) is 16.7. The van der Waals surface area contributed by atoms with Crippen LogP contribution in [0.3, 0.4) is 0 Å². The summed E-state index contributed by atoms with van der Waals surface area (Å²) in [5, 5.41) is 7.56. The number of benzene rings is 2. The molecule has 2 aromatic heterocycles. The van der Waals surface area contributed by atoms with Crippen molar-refractivity contribution < 1.29 is 19.0 Å². The zero-order chi connectivity index (χ0) is 21.1. The molecule has 30 heavy (non-hydrogen) atoms. The van der Waals surface area contributed by atoms with Crippen LogP contribution in [0, 0.1) is 0 Å². The molecular weight excluding hydrogens is 384 g/mol. The van der Waals surface area contributed by atoms with Crippen LogP contribution >= 0.6 is 0 Å². The number of fused-ring (bicyclic) bond motifs is 1. The van der Waals surface area contributed by atoms with E-state index in [1.54, 1.807) is 55.5 Å². The van der Waals surface area contributed by atoms with Gasteiger partial charge < -0.3 is 19.5 Å². The lowest BCUT2D eigenvalue weighted by Crippen LogP contribution is -2.18. The second-order valence-corrected chi connectivity index (χ2v) is 6.38. The number of carbonyl (C=O) groups is 1. The van der Waals surface area contributed by atoms with Crippen molar-refractivity contribution in [3.63, 3.8) is 0 Å². The van der Waals surface area contributed by atoms with Crippen molar-refractivity contribution in [3.8, 4) is 28.7 Å². The Morgan fingerprint density at radius 2 is 1.83 bits per heavy atom. The van der Waals surface area contributed by atoms with E-state index in [9.17, 15) is 4.79 Å². The average Bonchev–Trinajstić information content (AvgIpc) is 3.32. The first-order valence-electron chi connectivity index (χ1n) is 9.18. The number of amides is 1. The number of hydrogen-bond donors (Lipinski definition) is 1. The van der Waals surface area contributed by atoms with E-state index in [4.69, 9.17) is 14.2 Å². The molecule has 0 aliphatic carbocycles. The van der Waals surface area contributed by atoms with Gasteiger partial charge >= 0.3 is 0 Å². The molecule has 0 saturated heterocycles. The smallest absolute Gasteiger partial charge is 0.254 e. The van der Waals surface area contributed by atoms with Gasteiger partial charge in [0.2, 0.25) is 0 Å². The van der Waals surface area contributed by atoms with Crippen LogP contribution in [0.2, 0.25) is 0 Å². The Hall–Kier alpha value is -4.07. The van der Waals surface area contributed by atoms with Crippen molar-refractivity contribution in [1.29, 1.82) is 0 Å². The molecule has 0 bridgehead atoms. The average molecular weight is 404 g/mol. The molecule has 152 valence electrons. The number of pyridine rings is 1. The second kappa shape index (κ2) is 8.12. The summed E-state index contributed by atoms with van der Waals surface area (Å²) >= 11 is 0. The van der Waals surface area contributed by atoms with E-state index >= 15 is 0 Å². The third kappa shape index (κ3) is 3.62. The summed E-state index contributed by atoms with van der Waals surface area (Å²) < 4.78 is 18.7. The SMILES string of the molecule is CNC(=O)c1cc2c(Oc3cc(OC)cc(-n4cccn4)c3)ccnc2cc1OC. The third-order valence-corrected chi connectivity index (χ3v) is 4.59. The summed E-state index contributed by atoms with van der Waals surface area (Å²) in [5.74, 6) is 1.92. The molecule has 0 radical (unpaired) electrons. The van der Waals surface area contributed by atoms with Crippen LogP contribution in [0.25, 0.3) is 16.6 Å². The Labute approximate surface area is 173 Å². The standard InChI is InChI=1S/C22H20N4O4/c1-23-22(27)18-12-17-19(13-21(18)29-3)24-7-5-20(17)30-16-10-14(9-15(11-16)28-2)26-8-4-6-25-26/h4-13H,1-3H3,(H,23,27). The molecule has 8 nitrogen and oxygen atoms in total. The lowest BCUT2D eigenvalue weighted by molar-refractivity contribution is 0.0960. The molecule has 0 aliphatic heterocycles. The quantitative estimate of drug-likeness (QED) is 0.528.